The number of piperazine rings is 1. The number of anilines is 1. The third-order valence-corrected chi connectivity index (χ3v) is 4.13. The number of hydrogen-bond acceptors (Lipinski definition) is 6. The Kier molecular flexibility index (Phi) is 5.39. The number of nitrogens with zero attached hydrogens (tertiary/aromatic N) is 5. The molecule has 132 valence electrons. The first-order valence-corrected chi connectivity index (χ1v) is 8.21. The first-order chi connectivity index (χ1) is 12.2. The largest absolute Gasteiger partial charge is 0.383 e. The van der Waals surface area contributed by atoms with Crippen LogP contribution >= 0.6 is 0 Å². The minimum absolute atomic E-state index is 0.160. The lowest BCUT2D eigenvalue weighted by molar-refractivity contribution is 0.0736. The van der Waals surface area contributed by atoms with Gasteiger partial charge in [-0.1, -0.05) is 6.07 Å². The molecule has 25 heavy (non-hydrogen) atoms. The van der Waals surface area contributed by atoms with Crippen LogP contribution in [-0.2, 0) is 11.3 Å². The van der Waals surface area contributed by atoms with Crippen LogP contribution in [0.5, 0.6) is 0 Å². The molecule has 8 heteroatoms. The van der Waals surface area contributed by atoms with Crippen molar-refractivity contribution in [2.24, 2.45) is 0 Å². The third-order valence-electron chi connectivity index (χ3n) is 4.13. The summed E-state index contributed by atoms with van der Waals surface area (Å²) < 4.78 is 6.23. The first-order valence-electron chi connectivity index (χ1n) is 8.21. The molecule has 0 spiro atoms. The van der Waals surface area contributed by atoms with Crippen LogP contribution in [0.4, 0.5) is 5.82 Å². The Bertz CT molecular complexity index is 769. The minimum Gasteiger partial charge on any atom is -0.383 e. The SMILES string of the molecule is COCCn1nc(C(=O)N2CCN(c3ccccn3)CC2)ccc1=O. The van der Waals surface area contributed by atoms with Crippen LogP contribution < -0.4 is 10.5 Å². The van der Waals surface area contributed by atoms with E-state index in [9.17, 15) is 9.59 Å². The van der Waals surface area contributed by atoms with Crippen LogP contribution in [-0.4, -0.2) is 65.5 Å². The molecule has 2 aromatic heterocycles. The average Bonchev–Trinajstić information content (AvgIpc) is 2.67. The summed E-state index contributed by atoms with van der Waals surface area (Å²) in [4.78, 5) is 32.7. The maximum Gasteiger partial charge on any atom is 0.274 e. The van der Waals surface area contributed by atoms with Crippen LogP contribution in [0.15, 0.2) is 41.3 Å². The van der Waals surface area contributed by atoms with E-state index in [1.165, 1.54) is 16.8 Å². The lowest BCUT2D eigenvalue weighted by Gasteiger charge is -2.35. The van der Waals surface area contributed by atoms with E-state index in [2.05, 4.69) is 15.0 Å². The molecule has 1 aliphatic heterocycles. The van der Waals surface area contributed by atoms with E-state index in [1.807, 2.05) is 18.2 Å². The zero-order valence-electron chi connectivity index (χ0n) is 14.2. The summed E-state index contributed by atoms with van der Waals surface area (Å²) in [5.41, 5.74) is 0.0376. The smallest absolute Gasteiger partial charge is 0.274 e. The molecule has 0 radical (unpaired) electrons. The molecule has 3 rings (SSSR count). The van der Waals surface area contributed by atoms with Crippen LogP contribution in [0.2, 0.25) is 0 Å². The molecule has 0 N–H and O–H groups in total. The van der Waals surface area contributed by atoms with Gasteiger partial charge in [-0.15, -0.1) is 0 Å². The lowest BCUT2D eigenvalue weighted by atomic mass is 10.2. The van der Waals surface area contributed by atoms with E-state index in [4.69, 9.17) is 4.74 Å². The second kappa shape index (κ2) is 7.89. The van der Waals surface area contributed by atoms with Gasteiger partial charge in [-0.25, -0.2) is 9.67 Å². The molecule has 1 amide bonds. The standard InChI is InChI=1S/C17H21N5O3/c1-25-13-12-22-16(23)6-5-14(19-22)17(24)21-10-8-20(9-11-21)15-4-2-3-7-18-15/h2-7H,8-13H2,1H3. The van der Waals surface area contributed by atoms with Crippen LogP contribution in [0.1, 0.15) is 10.5 Å². The molecule has 0 unspecified atom stereocenters. The molecule has 0 aromatic carbocycles. The number of aromatic nitrogens is 3. The summed E-state index contributed by atoms with van der Waals surface area (Å²) in [7, 11) is 1.56. The van der Waals surface area contributed by atoms with Crippen molar-refractivity contribution in [1.29, 1.82) is 0 Å². The van der Waals surface area contributed by atoms with Crippen molar-refractivity contribution in [3.05, 3.63) is 52.6 Å². The molecule has 1 saturated heterocycles. The number of pyridine rings is 1. The highest BCUT2D eigenvalue weighted by Gasteiger charge is 2.24. The van der Waals surface area contributed by atoms with Crippen molar-refractivity contribution in [1.82, 2.24) is 19.7 Å². The van der Waals surface area contributed by atoms with Crippen molar-refractivity contribution in [2.45, 2.75) is 6.54 Å². The number of methoxy groups -OCH3 is 1. The molecule has 0 bridgehead atoms. The van der Waals surface area contributed by atoms with E-state index >= 15 is 0 Å². The van der Waals surface area contributed by atoms with Gasteiger partial charge in [0.25, 0.3) is 11.5 Å². The third kappa shape index (κ3) is 4.03. The van der Waals surface area contributed by atoms with E-state index in [0.29, 0.717) is 39.3 Å². The highest BCUT2D eigenvalue weighted by molar-refractivity contribution is 5.92. The van der Waals surface area contributed by atoms with Gasteiger partial charge in [0.05, 0.1) is 13.2 Å². The number of amides is 1. The summed E-state index contributed by atoms with van der Waals surface area (Å²) >= 11 is 0. The van der Waals surface area contributed by atoms with Gasteiger partial charge in [0.2, 0.25) is 0 Å². The fourth-order valence-corrected chi connectivity index (χ4v) is 2.74. The van der Waals surface area contributed by atoms with Crippen molar-refractivity contribution in [3.8, 4) is 0 Å². The van der Waals surface area contributed by atoms with Gasteiger partial charge in [0, 0.05) is 45.6 Å². The highest BCUT2D eigenvalue weighted by Crippen LogP contribution is 2.13. The normalized spacial score (nSPS) is 14.6. The molecule has 0 saturated carbocycles. The van der Waals surface area contributed by atoms with Gasteiger partial charge in [-0.05, 0) is 18.2 Å². The van der Waals surface area contributed by atoms with Crippen molar-refractivity contribution >= 4 is 11.7 Å². The van der Waals surface area contributed by atoms with Crippen LogP contribution in [0.3, 0.4) is 0 Å². The quantitative estimate of drug-likeness (QED) is 0.774. The summed E-state index contributed by atoms with van der Waals surface area (Å²) in [5.74, 6) is 0.757. The van der Waals surface area contributed by atoms with E-state index in [1.54, 1.807) is 18.2 Å². The van der Waals surface area contributed by atoms with Gasteiger partial charge in [0.1, 0.15) is 11.5 Å². The van der Waals surface area contributed by atoms with Gasteiger partial charge in [0.15, 0.2) is 0 Å². The maximum atomic E-state index is 12.7. The van der Waals surface area contributed by atoms with Crippen molar-refractivity contribution in [3.63, 3.8) is 0 Å². The minimum atomic E-state index is -0.242. The van der Waals surface area contributed by atoms with Gasteiger partial charge in [-0.2, -0.15) is 5.10 Å². The molecule has 1 fully saturated rings. The monoisotopic (exact) mass is 343 g/mol. The van der Waals surface area contributed by atoms with Crippen LogP contribution in [0.25, 0.3) is 0 Å². The Morgan fingerprint density at radius 1 is 1.16 bits per heavy atom. The van der Waals surface area contributed by atoms with E-state index < -0.39 is 0 Å². The highest BCUT2D eigenvalue weighted by atomic mass is 16.5. The Morgan fingerprint density at radius 3 is 2.64 bits per heavy atom. The van der Waals surface area contributed by atoms with Gasteiger partial charge in [-0.3, -0.25) is 9.59 Å². The summed E-state index contributed by atoms with van der Waals surface area (Å²) in [6.45, 7) is 3.30. The molecular weight excluding hydrogens is 322 g/mol. The fraction of sp³-hybridized carbons (Fsp3) is 0.412. The molecule has 8 nitrogen and oxygen atoms in total. The topological polar surface area (TPSA) is 80.6 Å². The zero-order chi connectivity index (χ0) is 17.6. The fourth-order valence-electron chi connectivity index (χ4n) is 2.74. The molecule has 0 atom stereocenters. The summed E-state index contributed by atoms with van der Waals surface area (Å²) in [6.07, 6.45) is 1.76. The number of hydrogen-bond donors (Lipinski definition) is 0. The summed E-state index contributed by atoms with van der Waals surface area (Å²) in [6, 6.07) is 8.66. The zero-order valence-corrected chi connectivity index (χ0v) is 14.2. The average molecular weight is 343 g/mol. The van der Waals surface area contributed by atoms with Gasteiger partial charge >= 0.3 is 0 Å². The molecular formula is C17H21N5O3. The first kappa shape index (κ1) is 17.1. The van der Waals surface area contributed by atoms with Crippen molar-refractivity contribution in [2.75, 3.05) is 44.8 Å². The second-order valence-corrected chi connectivity index (χ2v) is 5.74. The van der Waals surface area contributed by atoms with E-state index in [-0.39, 0.29) is 17.2 Å². The molecule has 3 heterocycles. The van der Waals surface area contributed by atoms with Crippen LogP contribution in [0, 0.1) is 0 Å². The number of rotatable bonds is 5. The predicted molar refractivity (Wildman–Crippen MR) is 92.7 cm³/mol. The van der Waals surface area contributed by atoms with Gasteiger partial charge < -0.3 is 14.5 Å². The Hall–Kier alpha value is -2.74. The number of carbonyl (C=O) groups is 1. The number of ether oxygens (including phenoxy) is 1. The predicted octanol–water partition coefficient (Wildman–Crippen LogP) is 0.247. The summed E-state index contributed by atoms with van der Waals surface area (Å²) in [5, 5.41) is 4.17. The van der Waals surface area contributed by atoms with E-state index in [0.717, 1.165) is 5.82 Å². The second-order valence-electron chi connectivity index (χ2n) is 5.74. The Labute approximate surface area is 145 Å². The molecule has 2 aromatic rings. The molecule has 0 aliphatic carbocycles. The Balaban J connectivity index is 1.65. The Morgan fingerprint density at radius 2 is 1.96 bits per heavy atom. The maximum absolute atomic E-state index is 12.7. The van der Waals surface area contributed by atoms with Crippen molar-refractivity contribution < 1.29 is 9.53 Å². The lowest BCUT2D eigenvalue weighted by Crippen LogP contribution is -2.49. The molecule has 1 aliphatic rings. The number of carbonyl (C=O) groups excluding carboxylic acids is 1.